The maximum atomic E-state index is 12.4. The highest BCUT2D eigenvalue weighted by Gasteiger charge is 2.13. The Balaban J connectivity index is 1.76. The summed E-state index contributed by atoms with van der Waals surface area (Å²) in [6.45, 7) is 2.55. The second kappa shape index (κ2) is 7.81. The number of carbonyl (C=O) groups is 1. The number of nitrogens with one attached hydrogen (secondary N) is 1. The van der Waals surface area contributed by atoms with E-state index in [1.54, 1.807) is 24.6 Å². The lowest BCUT2D eigenvalue weighted by molar-refractivity contribution is 0.102. The molecule has 3 rings (SSSR count). The highest BCUT2D eigenvalue weighted by atomic mass is 32.1. The van der Waals surface area contributed by atoms with Crippen LogP contribution < -0.4 is 14.8 Å². The number of rotatable bonds is 6. The Morgan fingerprint density at radius 3 is 2.76 bits per heavy atom. The van der Waals surface area contributed by atoms with Gasteiger partial charge in [0, 0.05) is 22.7 Å². The number of amides is 1. The largest absolute Gasteiger partial charge is 0.497 e. The second-order valence-corrected chi connectivity index (χ2v) is 6.04. The van der Waals surface area contributed by atoms with E-state index in [1.165, 1.54) is 11.3 Å². The van der Waals surface area contributed by atoms with Crippen LogP contribution in [0.2, 0.25) is 0 Å². The number of carbonyl (C=O) groups excluding carboxylic acids is 1. The summed E-state index contributed by atoms with van der Waals surface area (Å²) in [6, 6.07) is 14.9. The standard InChI is InChI=1S/C19H18N2O3S/c1-3-24-16-9-4-6-13(10-16)19-21-17(12-25-19)18(22)20-14-7-5-8-15(11-14)23-2/h4-12H,3H2,1-2H3,(H,20,22). The van der Waals surface area contributed by atoms with Gasteiger partial charge >= 0.3 is 0 Å². The maximum absolute atomic E-state index is 12.4. The zero-order chi connectivity index (χ0) is 17.6. The van der Waals surface area contributed by atoms with E-state index >= 15 is 0 Å². The lowest BCUT2D eigenvalue weighted by atomic mass is 10.2. The van der Waals surface area contributed by atoms with Gasteiger partial charge in [-0.2, -0.15) is 0 Å². The Morgan fingerprint density at radius 2 is 1.96 bits per heavy atom. The fourth-order valence-electron chi connectivity index (χ4n) is 2.29. The summed E-state index contributed by atoms with van der Waals surface area (Å²) in [4.78, 5) is 16.8. The first-order valence-electron chi connectivity index (χ1n) is 7.83. The van der Waals surface area contributed by atoms with Crippen LogP contribution in [-0.4, -0.2) is 24.6 Å². The van der Waals surface area contributed by atoms with Gasteiger partial charge in [0.2, 0.25) is 0 Å². The van der Waals surface area contributed by atoms with Crippen molar-refractivity contribution in [3.05, 3.63) is 59.6 Å². The monoisotopic (exact) mass is 354 g/mol. The Morgan fingerprint density at radius 1 is 1.16 bits per heavy atom. The van der Waals surface area contributed by atoms with Gasteiger partial charge in [0.15, 0.2) is 0 Å². The molecule has 0 fully saturated rings. The molecule has 5 nitrogen and oxygen atoms in total. The molecule has 1 aromatic heterocycles. The summed E-state index contributed by atoms with van der Waals surface area (Å²) in [5, 5.41) is 5.35. The summed E-state index contributed by atoms with van der Waals surface area (Å²) < 4.78 is 10.7. The second-order valence-electron chi connectivity index (χ2n) is 5.18. The van der Waals surface area contributed by atoms with E-state index in [9.17, 15) is 4.79 Å². The number of hydrogen-bond acceptors (Lipinski definition) is 5. The van der Waals surface area contributed by atoms with Gasteiger partial charge in [0.1, 0.15) is 22.2 Å². The highest BCUT2D eigenvalue weighted by Crippen LogP contribution is 2.27. The van der Waals surface area contributed by atoms with Gasteiger partial charge in [-0.15, -0.1) is 11.3 Å². The summed E-state index contributed by atoms with van der Waals surface area (Å²) in [6.07, 6.45) is 0. The fourth-order valence-corrected chi connectivity index (χ4v) is 3.09. The van der Waals surface area contributed by atoms with Crippen molar-refractivity contribution in [2.45, 2.75) is 6.92 Å². The molecule has 0 aliphatic carbocycles. The minimum atomic E-state index is -0.253. The summed E-state index contributed by atoms with van der Waals surface area (Å²) in [7, 11) is 1.59. The third kappa shape index (κ3) is 4.16. The van der Waals surface area contributed by atoms with Crippen molar-refractivity contribution in [1.82, 2.24) is 4.98 Å². The van der Waals surface area contributed by atoms with Crippen LogP contribution in [0.3, 0.4) is 0 Å². The molecule has 0 unspecified atom stereocenters. The van der Waals surface area contributed by atoms with Crippen LogP contribution in [0.1, 0.15) is 17.4 Å². The molecule has 0 saturated heterocycles. The Labute approximate surface area is 150 Å². The first kappa shape index (κ1) is 17.0. The molecule has 25 heavy (non-hydrogen) atoms. The van der Waals surface area contributed by atoms with Gasteiger partial charge in [-0.1, -0.05) is 18.2 Å². The smallest absolute Gasteiger partial charge is 0.275 e. The molecule has 0 atom stereocenters. The van der Waals surface area contributed by atoms with Crippen LogP contribution >= 0.6 is 11.3 Å². The average molecular weight is 354 g/mol. The molecule has 0 aliphatic heterocycles. The predicted octanol–water partition coefficient (Wildman–Crippen LogP) is 4.47. The third-order valence-corrected chi connectivity index (χ3v) is 4.35. The molecular weight excluding hydrogens is 336 g/mol. The Bertz CT molecular complexity index is 876. The van der Waals surface area contributed by atoms with Crippen molar-refractivity contribution < 1.29 is 14.3 Å². The average Bonchev–Trinajstić information content (AvgIpc) is 3.13. The van der Waals surface area contributed by atoms with Crippen molar-refractivity contribution in [2.75, 3.05) is 19.0 Å². The molecule has 3 aromatic rings. The number of hydrogen-bond donors (Lipinski definition) is 1. The fraction of sp³-hybridized carbons (Fsp3) is 0.158. The number of anilines is 1. The number of benzene rings is 2. The third-order valence-electron chi connectivity index (χ3n) is 3.46. The van der Waals surface area contributed by atoms with Crippen LogP contribution in [0, 0.1) is 0 Å². The van der Waals surface area contributed by atoms with Gasteiger partial charge in [0.25, 0.3) is 5.91 Å². The molecule has 6 heteroatoms. The zero-order valence-corrected chi connectivity index (χ0v) is 14.8. The van der Waals surface area contributed by atoms with E-state index in [-0.39, 0.29) is 5.91 Å². The number of methoxy groups -OCH3 is 1. The molecule has 2 aromatic carbocycles. The molecule has 1 amide bonds. The summed E-state index contributed by atoms with van der Waals surface area (Å²) in [5.74, 6) is 1.22. The van der Waals surface area contributed by atoms with Crippen LogP contribution in [0.25, 0.3) is 10.6 Å². The number of thiazole rings is 1. The lowest BCUT2D eigenvalue weighted by Gasteiger charge is -2.05. The van der Waals surface area contributed by atoms with Gasteiger partial charge in [-0.05, 0) is 31.2 Å². The molecule has 0 radical (unpaired) electrons. The normalized spacial score (nSPS) is 10.3. The Kier molecular flexibility index (Phi) is 5.30. The van der Waals surface area contributed by atoms with E-state index in [1.807, 2.05) is 43.3 Å². The van der Waals surface area contributed by atoms with Gasteiger partial charge in [0.05, 0.1) is 13.7 Å². The number of ether oxygens (including phenoxy) is 2. The first-order valence-corrected chi connectivity index (χ1v) is 8.71. The molecule has 0 bridgehead atoms. The van der Waals surface area contributed by atoms with Crippen LogP contribution in [0.5, 0.6) is 11.5 Å². The quantitative estimate of drug-likeness (QED) is 0.709. The van der Waals surface area contributed by atoms with E-state index in [0.29, 0.717) is 23.7 Å². The minimum Gasteiger partial charge on any atom is -0.497 e. The maximum Gasteiger partial charge on any atom is 0.275 e. The van der Waals surface area contributed by atoms with Crippen LogP contribution in [0.4, 0.5) is 5.69 Å². The molecule has 0 saturated carbocycles. The van der Waals surface area contributed by atoms with Crippen molar-refractivity contribution in [2.24, 2.45) is 0 Å². The van der Waals surface area contributed by atoms with Gasteiger partial charge in [-0.3, -0.25) is 4.79 Å². The van der Waals surface area contributed by atoms with Crippen molar-refractivity contribution in [3.8, 4) is 22.1 Å². The van der Waals surface area contributed by atoms with Gasteiger partial charge in [-0.25, -0.2) is 4.98 Å². The topological polar surface area (TPSA) is 60.5 Å². The zero-order valence-electron chi connectivity index (χ0n) is 14.0. The van der Waals surface area contributed by atoms with Crippen LogP contribution in [0.15, 0.2) is 53.9 Å². The van der Waals surface area contributed by atoms with Crippen molar-refractivity contribution in [1.29, 1.82) is 0 Å². The van der Waals surface area contributed by atoms with Crippen molar-refractivity contribution >= 4 is 22.9 Å². The molecular formula is C19H18N2O3S. The highest BCUT2D eigenvalue weighted by molar-refractivity contribution is 7.13. The molecule has 0 spiro atoms. The molecule has 1 N–H and O–H groups in total. The number of aromatic nitrogens is 1. The van der Waals surface area contributed by atoms with E-state index in [4.69, 9.17) is 9.47 Å². The summed E-state index contributed by atoms with van der Waals surface area (Å²) in [5.41, 5.74) is 1.97. The minimum absolute atomic E-state index is 0.253. The number of nitrogens with zero attached hydrogens (tertiary/aromatic N) is 1. The molecule has 128 valence electrons. The van der Waals surface area contributed by atoms with E-state index in [2.05, 4.69) is 10.3 Å². The lowest BCUT2D eigenvalue weighted by Crippen LogP contribution is -2.12. The van der Waals surface area contributed by atoms with E-state index < -0.39 is 0 Å². The molecule has 1 heterocycles. The van der Waals surface area contributed by atoms with Gasteiger partial charge < -0.3 is 14.8 Å². The summed E-state index contributed by atoms with van der Waals surface area (Å²) >= 11 is 1.42. The Hall–Kier alpha value is -2.86. The predicted molar refractivity (Wildman–Crippen MR) is 99.7 cm³/mol. The van der Waals surface area contributed by atoms with E-state index in [0.717, 1.165) is 16.3 Å². The molecule has 0 aliphatic rings. The first-order chi connectivity index (χ1) is 12.2. The SMILES string of the molecule is CCOc1cccc(-c2nc(C(=O)Nc3cccc(OC)c3)cs2)c1. The van der Waals surface area contributed by atoms with Crippen molar-refractivity contribution in [3.63, 3.8) is 0 Å². The van der Waals surface area contributed by atoms with Crippen LogP contribution in [-0.2, 0) is 0 Å².